The molecule has 1 fully saturated rings. The number of hydrogen-bond donors (Lipinski definition) is 1. The molecule has 1 aliphatic carbocycles. The summed E-state index contributed by atoms with van der Waals surface area (Å²) < 4.78 is 6.22. The number of benzene rings is 2. The van der Waals surface area contributed by atoms with E-state index < -0.39 is 6.10 Å². The molecule has 6 heteroatoms. The molecule has 1 aliphatic heterocycles. The highest BCUT2D eigenvalue weighted by Crippen LogP contribution is 2.40. The van der Waals surface area contributed by atoms with E-state index >= 15 is 0 Å². The quantitative estimate of drug-likeness (QED) is 0.561. The molecule has 0 radical (unpaired) electrons. The third kappa shape index (κ3) is 6.09. The van der Waals surface area contributed by atoms with Crippen molar-refractivity contribution >= 4 is 11.8 Å². The molecule has 6 nitrogen and oxygen atoms in total. The zero-order chi connectivity index (χ0) is 25.7. The molecule has 2 amide bonds. The topological polar surface area (TPSA) is 61.9 Å². The fourth-order valence-electron chi connectivity index (χ4n) is 5.42. The number of nitrogens with one attached hydrogen (secondary N) is 1. The second kappa shape index (κ2) is 11.9. The maximum Gasteiger partial charge on any atom is 0.261 e. The fraction of sp³-hybridized carbons (Fsp3) is 0.533. The van der Waals surface area contributed by atoms with E-state index in [4.69, 9.17) is 4.74 Å². The number of hydrogen-bond acceptors (Lipinski definition) is 4. The van der Waals surface area contributed by atoms with Crippen LogP contribution in [-0.2, 0) is 16.0 Å². The smallest absolute Gasteiger partial charge is 0.261 e. The standard InChI is InChI=1S/C30H41N3O3/c1-5-27(29(34)31-17-19-32(3)4)36-25-15-14-22-16-18-33(30(35)24-8-6-7-9-24)28(26(22)20-25)23-12-10-21(2)11-13-23/h10-15,20,24,27-28H,5-9,16-19H2,1-4H3,(H,31,34). The van der Waals surface area contributed by atoms with Crippen molar-refractivity contribution in [2.75, 3.05) is 33.7 Å². The molecule has 0 saturated heterocycles. The molecule has 1 N–H and O–H groups in total. The van der Waals surface area contributed by atoms with E-state index in [1.54, 1.807) is 0 Å². The highest BCUT2D eigenvalue weighted by atomic mass is 16.5. The number of likely N-dealkylation sites (N-methyl/N-ethyl adjacent to an activating group) is 1. The van der Waals surface area contributed by atoms with E-state index in [1.807, 2.05) is 32.0 Å². The van der Waals surface area contributed by atoms with Gasteiger partial charge in [-0.2, -0.15) is 0 Å². The minimum atomic E-state index is -0.553. The maximum atomic E-state index is 13.6. The number of amides is 2. The van der Waals surface area contributed by atoms with Gasteiger partial charge in [0.05, 0.1) is 6.04 Å². The molecule has 2 aromatic rings. The molecule has 2 unspecified atom stereocenters. The first-order valence-electron chi connectivity index (χ1n) is 13.5. The highest BCUT2D eigenvalue weighted by molar-refractivity contribution is 5.81. The van der Waals surface area contributed by atoms with E-state index in [0.717, 1.165) is 56.3 Å². The minimum absolute atomic E-state index is 0.0924. The van der Waals surface area contributed by atoms with E-state index in [9.17, 15) is 9.59 Å². The van der Waals surface area contributed by atoms with Crippen LogP contribution in [0.5, 0.6) is 5.75 Å². The molecule has 2 aliphatic rings. The monoisotopic (exact) mass is 491 g/mol. The van der Waals surface area contributed by atoms with Gasteiger partial charge in [0.25, 0.3) is 5.91 Å². The lowest BCUT2D eigenvalue weighted by atomic mass is 9.86. The Kier molecular flexibility index (Phi) is 8.68. The number of carbonyl (C=O) groups is 2. The Balaban J connectivity index is 1.61. The molecule has 2 aromatic carbocycles. The Bertz CT molecular complexity index is 1040. The van der Waals surface area contributed by atoms with Gasteiger partial charge in [0.15, 0.2) is 6.10 Å². The second-order valence-corrected chi connectivity index (χ2v) is 10.5. The van der Waals surface area contributed by atoms with Crippen LogP contribution in [0.2, 0.25) is 0 Å². The Hall–Kier alpha value is -2.86. The van der Waals surface area contributed by atoms with Crippen LogP contribution in [0.1, 0.15) is 67.3 Å². The minimum Gasteiger partial charge on any atom is -0.481 e. The molecule has 194 valence electrons. The van der Waals surface area contributed by atoms with Crippen LogP contribution in [0.4, 0.5) is 0 Å². The van der Waals surface area contributed by atoms with Gasteiger partial charge < -0.3 is 19.9 Å². The summed E-state index contributed by atoms with van der Waals surface area (Å²) in [5.74, 6) is 0.997. The number of ether oxygens (including phenoxy) is 1. The summed E-state index contributed by atoms with van der Waals surface area (Å²) in [6, 6.07) is 14.5. The van der Waals surface area contributed by atoms with Gasteiger partial charge in [-0.15, -0.1) is 0 Å². The predicted molar refractivity (Wildman–Crippen MR) is 143 cm³/mol. The molecular formula is C30H41N3O3. The Morgan fingerprint density at radius 3 is 2.50 bits per heavy atom. The van der Waals surface area contributed by atoms with Crippen LogP contribution < -0.4 is 10.1 Å². The fourth-order valence-corrected chi connectivity index (χ4v) is 5.42. The first kappa shape index (κ1) is 26.2. The SMILES string of the molecule is CCC(Oc1ccc2c(c1)C(c1ccc(C)cc1)N(C(=O)C1CCCC1)CC2)C(=O)NCCN(C)C. The maximum absolute atomic E-state index is 13.6. The number of carbonyl (C=O) groups excluding carboxylic acids is 2. The Morgan fingerprint density at radius 2 is 1.83 bits per heavy atom. The lowest BCUT2D eigenvalue weighted by Crippen LogP contribution is -2.43. The first-order chi connectivity index (χ1) is 17.4. The van der Waals surface area contributed by atoms with Crippen LogP contribution >= 0.6 is 0 Å². The van der Waals surface area contributed by atoms with Crippen molar-refractivity contribution in [2.45, 2.75) is 64.5 Å². The van der Waals surface area contributed by atoms with Crippen LogP contribution in [0.25, 0.3) is 0 Å². The lowest BCUT2D eigenvalue weighted by molar-refractivity contribution is -0.137. The molecule has 2 atom stereocenters. The van der Waals surface area contributed by atoms with E-state index in [-0.39, 0.29) is 23.8 Å². The van der Waals surface area contributed by atoms with E-state index in [1.165, 1.54) is 11.1 Å². The largest absolute Gasteiger partial charge is 0.481 e. The van der Waals surface area contributed by atoms with Gasteiger partial charge in [-0.1, -0.05) is 55.7 Å². The average Bonchev–Trinajstić information content (AvgIpc) is 3.41. The Morgan fingerprint density at radius 1 is 1.11 bits per heavy atom. The van der Waals surface area contributed by atoms with Crippen molar-refractivity contribution in [3.8, 4) is 5.75 Å². The van der Waals surface area contributed by atoms with Gasteiger partial charge in [-0.3, -0.25) is 9.59 Å². The summed E-state index contributed by atoms with van der Waals surface area (Å²) in [5, 5.41) is 2.98. The van der Waals surface area contributed by atoms with E-state index in [2.05, 4.69) is 53.5 Å². The number of aryl methyl sites for hydroxylation is 1. The summed E-state index contributed by atoms with van der Waals surface area (Å²) in [5.41, 5.74) is 4.67. The van der Waals surface area contributed by atoms with Crippen LogP contribution in [-0.4, -0.2) is 61.4 Å². The van der Waals surface area contributed by atoms with Crippen molar-refractivity contribution in [3.63, 3.8) is 0 Å². The lowest BCUT2D eigenvalue weighted by Gasteiger charge is -2.39. The van der Waals surface area contributed by atoms with Crippen molar-refractivity contribution in [3.05, 3.63) is 64.7 Å². The summed E-state index contributed by atoms with van der Waals surface area (Å²) in [6.07, 6.45) is 5.13. The van der Waals surface area contributed by atoms with Crippen molar-refractivity contribution < 1.29 is 14.3 Å². The molecule has 1 heterocycles. The van der Waals surface area contributed by atoms with E-state index in [0.29, 0.717) is 18.7 Å². The zero-order valence-electron chi connectivity index (χ0n) is 22.3. The molecular weight excluding hydrogens is 450 g/mol. The molecule has 0 bridgehead atoms. The normalized spacial score (nSPS) is 18.7. The van der Waals surface area contributed by atoms with Gasteiger partial charge in [-0.05, 0) is 75.5 Å². The van der Waals surface area contributed by atoms with Crippen molar-refractivity contribution in [1.82, 2.24) is 15.1 Å². The molecule has 4 rings (SSSR count). The van der Waals surface area contributed by atoms with Crippen molar-refractivity contribution in [1.29, 1.82) is 0 Å². The average molecular weight is 492 g/mol. The summed E-state index contributed by atoms with van der Waals surface area (Å²) in [6.45, 7) is 6.15. The molecule has 36 heavy (non-hydrogen) atoms. The van der Waals surface area contributed by atoms with Gasteiger partial charge in [0.1, 0.15) is 5.75 Å². The van der Waals surface area contributed by atoms with Gasteiger partial charge in [0, 0.05) is 25.6 Å². The number of nitrogens with zero attached hydrogens (tertiary/aromatic N) is 2. The Labute approximate surface area is 216 Å². The third-order valence-electron chi connectivity index (χ3n) is 7.53. The summed E-state index contributed by atoms with van der Waals surface area (Å²) in [7, 11) is 3.97. The molecule has 0 aromatic heterocycles. The third-order valence-corrected chi connectivity index (χ3v) is 7.53. The predicted octanol–water partition coefficient (Wildman–Crippen LogP) is 4.49. The van der Waals surface area contributed by atoms with Gasteiger partial charge in [0.2, 0.25) is 5.91 Å². The van der Waals surface area contributed by atoms with Gasteiger partial charge in [-0.25, -0.2) is 0 Å². The summed E-state index contributed by atoms with van der Waals surface area (Å²) >= 11 is 0. The van der Waals surface area contributed by atoms with Crippen LogP contribution in [0.3, 0.4) is 0 Å². The van der Waals surface area contributed by atoms with Crippen molar-refractivity contribution in [2.24, 2.45) is 5.92 Å². The first-order valence-corrected chi connectivity index (χ1v) is 13.5. The highest BCUT2D eigenvalue weighted by Gasteiger charge is 2.36. The molecule has 0 spiro atoms. The second-order valence-electron chi connectivity index (χ2n) is 10.5. The molecule has 1 saturated carbocycles. The zero-order valence-corrected chi connectivity index (χ0v) is 22.3. The number of rotatable bonds is 9. The number of fused-ring (bicyclic) bond motifs is 1. The van der Waals surface area contributed by atoms with Gasteiger partial charge >= 0.3 is 0 Å². The van der Waals surface area contributed by atoms with Crippen LogP contribution in [0.15, 0.2) is 42.5 Å². The van der Waals surface area contributed by atoms with Crippen LogP contribution in [0, 0.1) is 12.8 Å². The summed E-state index contributed by atoms with van der Waals surface area (Å²) in [4.78, 5) is 30.5.